The minimum absolute atomic E-state index is 0.103. The highest BCUT2D eigenvalue weighted by Gasteiger charge is 2.26. The quantitative estimate of drug-likeness (QED) is 0.699. The molecule has 0 heterocycles. The van der Waals surface area contributed by atoms with Crippen molar-refractivity contribution in [2.24, 2.45) is 10.6 Å². The van der Waals surface area contributed by atoms with Crippen LogP contribution >= 0.6 is 0 Å². The van der Waals surface area contributed by atoms with Crippen LogP contribution in [0.3, 0.4) is 0 Å². The van der Waals surface area contributed by atoms with Crippen molar-refractivity contribution in [2.75, 3.05) is 12.4 Å². The van der Waals surface area contributed by atoms with Gasteiger partial charge < -0.3 is 4.74 Å². The van der Waals surface area contributed by atoms with Crippen molar-refractivity contribution in [3.8, 4) is 0 Å². The van der Waals surface area contributed by atoms with Gasteiger partial charge in [0.1, 0.15) is 0 Å². The van der Waals surface area contributed by atoms with Crippen molar-refractivity contribution in [2.45, 2.75) is 71.3 Å². The lowest BCUT2D eigenvalue weighted by Gasteiger charge is -2.34. The molecule has 0 spiro atoms. The number of hydrogen-bond donors (Lipinski definition) is 1. The van der Waals surface area contributed by atoms with E-state index >= 15 is 0 Å². The van der Waals surface area contributed by atoms with Gasteiger partial charge in [-0.3, -0.25) is 0 Å². The fraction of sp³-hybridized carbons (Fsp3) is 1.00. The van der Waals surface area contributed by atoms with Crippen molar-refractivity contribution in [3.63, 3.8) is 0 Å². The van der Waals surface area contributed by atoms with Gasteiger partial charge in [0.2, 0.25) is 10.0 Å². The first kappa shape index (κ1) is 16.9. The van der Waals surface area contributed by atoms with Gasteiger partial charge in [-0.25, -0.2) is 13.6 Å². The third-order valence-corrected chi connectivity index (χ3v) is 4.82. The van der Waals surface area contributed by atoms with Crippen LogP contribution in [-0.4, -0.2) is 26.9 Å². The number of sulfonamides is 1. The minimum Gasteiger partial charge on any atom is -0.378 e. The topological polar surface area (TPSA) is 69.4 Å². The second-order valence-corrected chi connectivity index (χ2v) is 8.25. The van der Waals surface area contributed by atoms with E-state index in [1.807, 2.05) is 0 Å². The molecule has 1 fully saturated rings. The molecule has 114 valence electrons. The van der Waals surface area contributed by atoms with E-state index in [1.165, 1.54) is 25.7 Å². The highest BCUT2D eigenvalue weighted by molar-refractivity contribution is 7.89. The predicted octanol–water partition coefficient (Wildman–Crippen LogP) is 2.82. The molecule has 4 nitrogen and oxygen atoms in total. The maximum absolute atomic E-state index is 10.7. The van der Waals surface area contributed by atoms with Gasteiger partial charge in [0.15, 0.2) is 0 Å². The molecular weight excluding hydrogens is 262 g/mol. The van der Waals surface area contributed by atoms with Gasteiger partial charge in [0, 0.05) is 6.61 Å². The zero-order valence-corrected chi connectivity index (χ0v) is 13.2. The first-order valence-corrected chi connectivity index (χ1v) is 9.12. The number of nitrogens with two attached hydrogens (primary N) is 1. The molecule has 0 saturated heterocycles. The molecule has 0 aliphatic heterocycles. The number of hydrogen-bond acceptors (Lipinski definition) is 3. The van der Waals surface area contributed by atoms with Gasteiger partial charge in [0.25, 0.3) is 0 Å². The van der Waals surface area contributed by atoms with Gasteiger partial charge in [-0.1, -0.05) is 26.7 Å². The molecule has 0 atom stereocenters. The molecule has 0 aromatic rings. The van der Waals surface area contributed by atoms with Crippen molar-refractivity contribution in [1.82, 2.24) is 0 Å². The monoisotopic (exact) mass is 291 g/mol. The fourth-order valence-electron chi connectivity index (χ4n) is 2.55. The van der Waals surface area contributed by atoms with E-state index in [4.69, 9.17) is 9.88 Å². The van der Waals surface area contributed by atoms with Crippen LogP contribution in [0.5, 0.6) is 0 Å². The van der Waals surface area contributed by atoms with Crippen LogP contribution < -0.4 is 5.14 Å². The maximum Gasteiger partial charge on any atom is 0.209 e. The molecule has 0 radical (unpaired) electrons. The number of primary sulfonamides is 1. The van der Waals surface area contributed by atoms with E-state index in [2.05, 4.69) is 13.8 Å². The zero-order valence-electron chi connectivity index (χ0n) is 12.4. The Morgan fingerprint density at radius 1 is 1.11 bits per heavy atom. The highest BCUT2D eigenvalue weighted by atomic mass is 32.2. The Kier molecular flexibility index (Phi) is 6.77. The first-order chi connectivity index (χ1) is 8.79. The maximum atomic E-state index is 10.7. The highest BCUT2D eigenvalue weighted by Crippen LogP contribution is 2.36. The van der Waals surface area contributed by atoms with Gasteiger partial charge >= 0.3 is 0 Å². The standard InChI is InChI=1S/C14H29NO3S/c1-14(2)9-7-13(8-10-14)18-11-5-3-4-6-12-19(15,16)17/h13H,3-12H2,1-2H3,(H2,15,16,17). The average Bonchev–Trinajstić information content (AvgIpc) is 2.28. The second-order valence-electron chi connectivity index (χ2n) is 6.52. The molecule has 0 aromatic carbocycles. The molecular formula is C14H29NO3S. The van der Waals surface area contributed by atoms with E-state index in [0.717, 1.165) is 25.9 Å². The number of unbranched alkanes of at least 4 members (excludes halogenated alkanes) is 3. The summed E-state index contributed by atoms with van der Waals surface area (Å²) >= 11 is 0. The number of rotatable bonds is 8. The normalized spacial score (nSPS) is 20.6. The SMILES string of the molecule is CC1(C)CCC(OCCCCCCS(N)(=O)=O)CC1. The summed E-state index contributed by atoms with van der Waals surface area (Å²) in [4.78, 5) is 0. The summed E-state index contributed by atoms with van der Waals surface area (Å²) in [5.74, 6) is 0.103. The Labute approximate surface area is 118 Å². The molecule has 1 aliphatic carbocycles. The minimum atomic E-state index is -3.28. The number of ether oxygens (including phenoxy) is 1. The third kappa shape index (κ3) is 8.60. The van der Waals surface area contributed by atoms with Crippen molar-refractivity contribution >= 4 is 10.0 Å². The molecule has 2 N–H and O–H groups in total. The van der Waals surface area contributed by atoms with Gasteiger partial charge in [-0.2, -0.15) is 0 Å². The fourth-order valence-corrected chi connectivity index (χ4v) is 3.15. The van der Waals surface area contributed by atoms with Crippen molar-refractivity contribution in [3.05, 3.63) is 0 Å². The van der Waals surface area contributed by atoms with Crippen LogP contribution in [0.25, 0.3) is 0 Å². The van der Waals surface area contributed by atoms with Crippen LogP contribution in [0.15, 0.2) is 0 Å². The molecule has 1 aliphatic rings. The Balaban J connectivity index is 1.94. The summed E-state index contributed by atoms with van der Waals surface area (Å²) in [6.07, 6.45) is 8.93. The van der Waals surface area contributed by atoms with Gasteiger partial charge in [0.05, 0.1) is 11.9 Å². The lowest BCUT2D eigenvalue weighted by atomic mass is 9.76. The van der Waals surface area contributed by atoms with Crippen LogP contribution in [-0.2, 0) is 14.8 Å². The lowest BCUT2D eigenvalue weighted by molar-refractivity contribution is 0.00276. The van der Waals surface area contributed by atoms with E-state index in [-0.39, 0.29) is 5.75 Å². The average molecular weight is 291 g/mol. The summed E-state index contributed by atoms with van der Waals surface area (Å²) < 4.78 is 27.3. The van der Waals surface area contributed by atoms with Crippen LogP contribution in [0, 0.1) is 5.41 Å². The molecule has 0 amide bonds. The molecule has 1 saturated carbocycles. The van der Waals surface area contributed by atoms with Gasteiger partial charge in [-0.15, -0.1) is 0 Å². The van der Waals surface area contributed by atoms with E-state index < -0.39 is 10.0 Å². The Bertz CT molecular complexity index is 342. The van der Waals surface area contributed by atoms with Gasteiger partial charge in [-0.05, 0) is 43.9 Å². The van der Waals surface area contributed by atoms with Crippen LogP contribution in [0.4, 0.5) is 0 Å². The molecule has 1 rings (SSSR count). The Morgan fingerprint density at radius 2 is 1.68 bits per heavy atom. The predicted molar refractivity (Wildman–Crippen MR) is 78.4 cm³/mol. The third-order valence-electron chi connectivity index (χ3n) is 3.96. The van der Waals surface area contributed by atoms with E-state index in [0.29, 0.717) is 17.9 Å². The Morgan fingerprint density at radius 3 is 2.26 bits per heavy atom. The summed E-state index contributed by atoms with van der Waals surface area (Å²) in [6, 6.07) is 0. The summed E-state index contributed by atoms with van der Waals surface area (Å²) in [6.45, 7) is 5.46. The van der Waals surface area contributed by atoms with Crippen molar-refractivity contribution < 1.29 is 13.2 Å². The van der Waals surface area contributed by atoms with Crippen LogP contribution in [0.2, 0.25) is 0 Å². The Hall–Kier alpha value is -0.130. The molecule has 19 heavy (non-hydrogen) atoms. The largest absolute Gasteiger partial charge is 0.378 e. The lowest BCUT2D eigenvalue weighted by Crippen LogP contribution is -2.26. The summed E-state index contributed by atoms with van der Waals surface area (Å²) in [5.41, 5.74) is 0.494. The molecule has 0 bridgehead atoms. The smallest absolute Gasteiger partial charge is 0.209 e. The second kappa shape index (κ2) is 7.60. The molecule has 0 unspecified atom stereocenters. The summed E-state index contributed by atoms with van der Waals surface area (Å²) in [5, 5.41) is 4.94. The first-order valence-electron chi connectivity index (χ1n) is 7.41. The molecule has 0 aromatic heterocycles. The van der Waals surface area contributed by atoms with Crippen molar-refractivity contribution in [1.29, 1.82) is 0 Å². The van der Waals surface area contributed by atoms with E-state index in [1.54, 1.807) is 0 Å². The van der Waals surface area contributed by atoms with Crippen LogP contribution in [0.1, 0.15) is 65.2 Å². The zero-order chi connectivity index (χ0) is 14.4. The van der Waals surface area contributed by atoms with E-state index in [9.17, 15) is 8.42 Å². The molecule has 5 heteroatoms. The summed E-state index contributed by atoms with van der Waals surface area (Å²) in [7, 11) is -3.28.